The van der Waals surface area contributed by atoms with Gasteiger partial charge in [0, 0.05) is 19.7 Å². The van der Waals surface area contributed by atoms with Crippen LogP contribution in [0.5, 0.6) is 0 Å². The number of rotatable bonds is 32. The van der Waals surface area contributed by atoms with E-state index in [4.69, 9.17) is 9.47 Å². The smallest absolute Gasteiger partial charge is 0.248 e. The first-order valence-corrected chi connectivity index (χ1v) is 18.8. The lowest BCUT2D eigenvalue weighted by atomic mass is 10.0. The van der Waals surface area contributed by atoms with E-state index in [2.05, 4.69) is 46.4 Å². The highest BCUT2D eigenvalue weighted by atomic mass is 16.5. The van der Waals surface area contributed by atoms with Crippen LogP contribution < -0.4 is 0 Å². The molecule has 0 bridgehead atoms. The minimum atomic E-state index is -0.130. The maximum absolute atomic E-state index is 13.1. The molecule has 0 heterocycles. The molecule has 0 rings (SSSR count). The summed E-state index contributed by atoms with van der Waals surface area (Å²) in [5, 5.41) is 0. The van der Waals surface area contributed by atoms with E-state index in [9.17, 15) is 4.79 Å². The highest BCUT2D eigenvalue weighted by Crippen LogP contribution is 2.15. The van der Waals surface area contributed by atoms with Crippen molar-refractivity contribution in [3.8, 4) is 0 Å². The van der Waals surface area contributed by atoms with Gasteiger partial charge in [0.05, 0.1) is 11.7 Å². The summed E-state index contributed by atoms with van der Waals surface area (Å²) < 4.78 is 11.8. The van der Waals surface area contributed by atoms with Crippen LogP contribution in [0.2, 0.25) is 0 Å². The normalized spacial score (nSPS) is 12.6. The van der Waals surface area contributed by atoms with Crippen molar-refractivity contribution in [2.24, 2.45) is 0 Å². The molecule has 4 nitrogen and oxygen atoms in total. The van der Waals surface area contributed by atoms with Gasteiger partial charge in [0.15, 0.2) is 0 Å². The fourth-order valence-electron chi connectivity index (χ4n) is 5.57. The summed E-state index contributed by atoms with van der Waals surface area (Å²) in [6, 6.07) is 0. The molecule has 252 valence electrons. The highest BCUT2D eigenvalue weighted by molar-refractivity contribution is 5.77. The van der Waals surface area contributed by atoms with E-state index in [-0.39, 0.29) is 24.2 Å². The van der Waals surface area contributed by atoms with Crippen LogP contribution in [0.3, 0.4) is 0 Å². The number of unbranched alkanes of at least 4 members (excludes halogenated alkanes) is 22. The van der Waals surface area contributed by atoms with Crippen LogP contribution in [0.4, 0.5) is 0 Å². The molecular formula is C38H77NO3. The van der Waals surface area contributed by atoms with Crippen molar-refractivity contribution in [1.29, 1.82) is 0 Å². The summed E-state index contributed by atoms with van der Waals surface area (Å²) in [5.41, 5.74) is -0.130. The molecule has 0 aromatic rings. The van der Waals surface area contributed by atoms with E-state index >= 15 is 0 Å². The number of carbonyl (C=O) groups excluding carboxylic acids is 1. The third-order valence-electron chi connectivity index (χ3n) is 8.47. The lowest BCUT2D eigenvalue weighted by molar-refractivity contribution is -0.138. The maximum atomic E-state index is 13.1. The second kappa shape index (κ2) is 30.4. The van der Waals surface area contributed by atoms with E-state index in [0.29, 0.717) is 6.61 Å². The number of carbonyl (C=O) groups is 1. The van der Waals surface area contributed by atoms with Gasteiger partial charge in [-0.2, -0.15) is 0 Å². The van der Waals surface area contributed by atoms with E-state index in [1.807, 2.05) is 0 Å². The minimum Gasteiger partial charge on any atom is -0.376 e. The first kappa shape index (κ1) is 41.4. The predicted octanol–water partition coefficient (Wildman–Crippen LogP) is 11.8. The Labute approximate surface area is 264 Å². The quantitative estimate of drug-likeness (QED) is 0.0726. The Bertz CT molecular complexity index is 531. The molecule has 0 radical (unpaired) electrons. The van der Waals surface area contributed by atoms with Gasteiger partial charge in [-0.1, -0.05) is 155 Å². The topological polar surface area (TPSA) is 38.8 Å². The van der Waals surface area contributed by atoms with Crippen molar-refractivity contribution in [3.63, 3.8) is 0 Å². The monoisotopic (exact) mass is 596 g/mol. The third-order valence-corrected chi connectivity index (χ3v) is 8.47. The van der Waals surface area contributed by atoms with Gasteiger partial charge in [-0.3, -0.25) is 4.79 Å². The standard InChI is InChI=1S/C38H77NO3/c1-7-9-11-13-15-17-19-21-23-25-27-29-32-39(37(40)35-41-36(3)31-34-42-38(4,5)6)33-30-28-26-24-22-20-18-16-14-12-10-8-2/h36H,7-35H2,1-6H3. The molecule has 0 aliphatic carbocycles. The van der Waals surface area contributed by atoms with E-state index < -0.39 is 0 Å². The molecule has 0 fully saturated rings. The summed E-state index contributed by atoms with van der Waals surface area (Å²) in [6.07, 6.45) is 33.2. The molecular weight excluding hydrogens is 518 g/mol. The SMILES string of the molecule is CCCCCCCCCCCCCCN(CCCCCCCCCCCCCC)C(=O)COC(C)CCOC(C)(C)C. The average Bonchev–Trinajstić information content (AvgIpc) is 2.95. The molecule has 1 amide bonds. The second-order valence-corrected chi connectivity index (χ2v) is 14.0. The maximum Gasteiger partial charge on any atom is 0.248 e. The summed E-state index contributed by atoms with van der Waals surface area (Å²) in [5.74, 6) is 0.171. The minimum absolute atomic E-state index is 0.0384. The Hall–Kier alpha value is -0.610. The van der Waals surface area contributed by atoms with Crippen LogP contribution in [0.15, 0.2) is 0 Å². The largest absolute Gasteiger partial charge is 0.376 e. The van der Waals surface area contributed by atoms with Crippen LogP contribution in [-0.2, 0) is 14.3 Å². The fraction of sp³-hybridized carbons (Fsp3) is 0.974. The molecule has 4 heteroatoms. The Morgan fingerprint density at radius 1 is 0.571 bits per heavy atom. The van der Waals surface area contributed by atoms with E-state index in [1.165, 1.54) is 141 Å². The van der Waals surface area contributed by atoms with Crippen molar-refractivity contribution in [2.75, 3.05) is 26.3 Å². The number of amides is 1. The molecule has 1 unspecified atom stereocenters. The molecule has 0 saturated carbocycles. The number of ether oxygens (including phenoxy) is 2. The van der Waals surface area contributed by atoms with Crippen molar-refractivity contribution >= 4 is 5.91 Å². The van der Waals surface area contributed by atoms with Crippen molar-refractivity contribution < 1.29 is 14.3 Å². The number of hydrogen-bond acceptors (Lipinski definition) is 3. The molecule has 42 heavy (non-hydrogen) atoms. The van der Waals surface area contributed by atoms with Crippen LogP contribution in [0, 0.1) is 0 Å². The molecule has 0 aliphatic heterocycles. The molecule has 0 N–H and O–H groups in total. The summed E-state index contributed by atoms with van der Waals surface area (Å²) in [7, 11) is 0. The van der Waals surface area contributed by atoms with Gasteiger partial charge in [0.25, 0.3) is 0 Å². The lowest BCUT2D eigenvalue weighted by Gasteiger charge is -2.24. The summed E-state index contributed by atoms with van der Waals surface area (Å²) >= 11 is 0. The van der Waals surface area contributed by atoms with Gasteiger partial charge >= 0.3 is 0 Å². The zero-order valence-corrected chi connectivity index (χ0v) is 29.8. The van der Waals surface area contributed by atoms with E-state index in [0.717, 1.165) is 32.4 Å². The van der Waals surface area contributed by atoms with Crippen LogP contribution in [0.1, 0.15) is 202 Å². The Morgan fingerprint density at radius 3 is 1.24 bits per heavy atom. The highest BCUT2D eigenvalue weighted by Gasteiger charge is 2.16. The van der Waals surface area contributed by atoms with Gasteiger partial charge in [0.1, 0.15) is 6.61 Å². The van der Waals surface area contributed by atoms with Crippen LogP contribution in [-0.4, -0.2) is 48.8 Å². The molecule has 0 spiro atoms. The molecule has 0 aromatic heterocycles. The zero-order valence-electron chi connectivity index (χ0n) is 29.8. The van der Waals surface area contributed by atoms with Gasteiger partial charge in [-0.05, 0) is 47.0 Å². The zero-order chi connectivity index (χ0) is 31.2. The second-order valence-electron chi connectivity index (χ2n) is 14.0. The Morgan fingerprint density at radius 2 is 0.905 bits per heavy atom. The predicted molar refractivity (Wildman–Crippen MR) is 184 cm³/mol. The lowest BCUT2D eigenvalue weighted by Crippen LogP contribution is -2.36. The first-order chi connectivity index (χ1) is 20.3. The average molecular weight is 596 g/mol. The number of hydrogen-bond donors (Lipinski definition) is 0. The Kier molecular flexibility index (Phi) is 30.0. The van der Waals surface area contributed by atoms with Gasteiger partial charge in [0.2, 0.25) is 5.91 Å². The van der Waals surface area contributed by atoms with Crippen LogP contribution >= 0.6 is 0 Å². The van der Waals surface area contributed by atoms with Crippen molar-refractivity contribution in [3.05, 3.63) is 0 Å². The summed E-state index contributed by atoms with van der Waals surface area (Å²) in [6.45, 7) is 15.5. The first-order valence-electron chi connectivity index (χ1n) is 18.8. The van der Waals surface area contributed by atoms with Crippen molar-refractivity contribution in [1.82, 2.24) is 4.90 Å². The summed E-state index contributed by atoms with van der Waals surface area (Å²) in [4.78, 5) is 15.2. The van der Waals surface area contributed by atoms with Gasteiger partial charge in [-0.25, -0.2) is 0 Å². The van der Waals surface area contributed by atoms with Gasteiger partial charge < -0.3 is 14.4 Å². The van der Waals surface area contributed by atoms with E-state index in [1.54, 1.807) is 0 Å². The molecule has 0 saturated heterocycles. The fourth-order valence-corrected chi connectivity index (χ4v) is 5.57. The molecule has 1 atom stereocenters. The van der Waals surface area contributed by atoms with Gasteiger partial charge in [-0.15, -0.1) is 0 Å². The molecule has 0 aliphatic rings. The molecule has 0 aromatic carbocycles. The van der Waals surface area contributed by atoms with Crippen LogP contribution in [0.25, 0.3) is 0 Å². The third kappa shape index (κ3) is 30.8. The Balaban J connectivity index is 4.20. The number of nitrogens with zero attached hydrogens (tertiary/aromatic N) is 1. The van der Waals surface area contributed by atoms with Crippen molar-refractivity contribution in [2.45, 2.75) is 214 Å².